The standard InChI is InChI=1S/C23H22N6O/c24-10-15-1-7-20(23-27-12-16(11-25)13-28-23)21(9-15)30-19-6-8-22(26-14-19)29-17-2-3-18(29)5-4-17/h1,6-9,12-14,17-18H,2-5,11,25H2. The van der Waals surface area contributed by atoms with Gasteiger partial charge in [0.25, 0.3) is 0 Å². The Morgan fingerprint density at radius 3 is 2.33 bits per heavy atom. The molecule has 0 unspecified atom stereocenters. The van der Waals surface area contributed by atoms with E-state index >= 15 is 0 Å². The molecule has 2 fully saturated rings. The van der Waals surface area contributed by atoms with Crippen molar-refractivity contribution in [3.63, 3.8) is 0 Å². The van der Waals surface area contributed by atoms with Crippen LogP contribution >= 0.6 is 0 Å². The van der Waals surface area contributed by atoms with E-state index < -0.39 is 0 Å². The zero-order valence-electron chi connectivity index (χ0n) is 16.5. The molecule has 0 saturated carbocycles. The number of nitrogens with zero attached hydrogens (tertiary/aromatic N) is 5. The quantitative estimate of drug-likeness (QED) is 0.698. The Kier molecular flexibility index (Phi) is 4.77. The molecule has 2 aliphatic rings. The van der Waals surface area contributed by atoms with Gasteiger partial charge in [-0.2, -0.15) is 5.26 Å². The summed E-state index contributed by atoms with van der Waals surface area (Å²) in [5.74, 6) is 2.66. The highest BCUT2D eigenvalue weighted by Crippen LogP contribution is 2.40. The second-order valence-corrected chi connectivity index (χ2v) is 7.77. The fourth-order valence-corrected chi connectivity index (χ4v) is 4.46. The lowest BCUT2D eigenvalue weighted by Crippen LogP contribution is -2.28. The third kappa shape index (κ3) is 3.36. The normalized spacial score (nSPS) is 19.7. The number of hydrogen-bond acceptors (Lipinski definition) is 7. The number of rotatable bonds is 5. The minimum absolute atomic E-state index is 0.383. The minimum Gasteiger partial charge on any atom is -0.455 e. The molecular weight excluding hydrogens is 376 g/mol. The van der Waals surface area contributed by atoms with E-state index in [9.17, 15) is 5.26 Å². The first-order chi connectivity index (χ1) is 14.7. The maximum Gasteiger partial charge on any atom is 0.162 e. The summed E-state index contributed by atoms with van der Waals surface area (Å²) in [6.07, 6.45) is 10.2. The molecule has 30 heavy (non-hydrogen) atoms. The number of fused-ring (bicyclic) bond motifs is 2. The Morgan fingerprint density at radius 2 is 1.73 bits per heavy atom. The molecule has 0 atom stereocenters. The van der Waals surface area contributed by atoms with Crippen LogP contribution in [0.1, 0.15) is 36.8 Å². The molecule has 3 aromatic rings. The number of hydrogen-bond donors (Lipinski definition) is 1. The van der Waals surface area contributed by atoms with E-state index in [-0.39, 0.29) is 0 Å². The van der Waals surface area contributed by atoms with Crippen LogP contribution in [-0.4, -0.2) is 27.0 Å². The van der Waals surface area contributed by atoms with Crippen molar-refractivity contribution in [2.24, 2.45) is 5.73 Å². The van der Waals surface area contributed by atoms with Crippen LogP contribution in [0.15, 0.2) is 48.9 Å². The van der Waals surface area contributed by atoms with Gasteiger partial charge in [0.15, 0.2) is 5.82 Å². The van der Waals surface area contributed by atoms with Crippen molar-refractivity contribution in [1.29, 1.82) is 5.26 Å². The van der Waals surface area contributed by atoms with Gasteiger partial charge in [0.1, 0.15) is 17.3 Å². The van der Waals surface area contributed by atoms with Crippen molar-refractivity contribution in [1.82, 2.24) is 15.0 Å². The molecule has 2 aromatic heterocycles. The second kappa shape index (κ2) is 7.73. The van der Waals surface area contributed by atoms with Crippen molar-refractivity contribution in [2.45, 2.75) is 44.3 Å². The van der Waals surface area contributed by atoms with Crippen LogP contribution in [0.2, 0.25) is 0 Å². The van der Waals surface area contributed by atoms with E-state index in [1.807, 2.05) is 12.1 Å². The van der Waals surface area contributed by atoms with Crippen LogP contribution < -0.4 is 15.4 Å². The molecule has 0 aliphatic carbocycles. The van der Waals surface area contributed by atoms with Crippen LogP contribution in [-0.2, 0) is 6.54 Å². The molecule has 2 bridgehead atoms. The fourth-order valence-electron chi connectivity index (χ4n) is 4.46. The van der Waals surface area contributed by atoms with E-state index in [0.717, 1.165) is 11.4 Å². The van der Waals surface area contributed by atoms with Crippen LogP contribution in [0.25, 0.3) is 11.4 Å². The van der Waals surface area contributed by atoms with Crippen LogP contribution in [0.4, 0.5) is 5.82 Å². The molecule has 5 rings (SSSR count). The summed E-state index contributed by atoms with van der Waals surface area (Å²) in [6, 6.07) is 12.6. The summed E-state index contributed by atoms with van der Waals surface area (Å²) in [5, 5.41) is 9.30. The fraction of sp³-hybridized carbons (Fsp3) is 0.304. The highest BCUT2D eigenvalue weighted by Gasteiger charge is 2.39. The van der Waals surface area contributed by atoms with Gasteiger partial charge in [0.05, 0.1) is 23.4 Å². The number of ether oxygens (including phenoxy) is 1. The lowest BCUT2D eigenvalue weighted by Gasteiger charge is -2.23. The predicted molar refractivity (Wildman–Crippen MR) is 113 cm³/mol. The van der Waals surface area contributed by atoms with Gasteiger partial charge in [0, 0.05) is 36.6 Å². The molecule has 4 heterocycles. The lowest BCUT2D eigenvalue weighted by molar-refractivity contribution is 0.481. The largest absolute Gasteiger partial charge is 0.455 e. The molecule has 0 radical (unpaired) electrons. The van der Waals surface area contributed by atoms with Gasteiger partial charge in [0.2, 0.25) is 0 Å². The first-order valence-corrected chi connectivity index (χ1v) is 10.2. The number of nitriles is 1. The summed E-state index contributed by atoms with van der Waals surface area (Å²) in [7, 11) is 0. The number of pyridine rings is 1. The van der Waals surface area contributed by atoms with Crippen molar-refractivity contribution in [3.8, 4) is 29.0 Å². The van der Waals surface area contributed by atoms with E-state index in [4.69, 9.17) is 10.5 Å². The van der Waals surface area contributed by atoms with Gasteiger partial charge in [-0.3, -0.25) is 0 Å². The Morgan fingerprint density at radius 1 is 1.00 bits per heavy atom. The van der Waals surface area contributed by atoms with Crippen molar-refractivity contribution >= 4 is 5.82 Å². The molecule has 2 saturated heterocycles. The SMILES string of the molecule is N#Cc1ccc(-c2ncc(CN)cn2)c(Oc2ccc(N3C4CCC3CC4)nc2)c1. The number of aromatic nitrogens is 3. The summed E-state index contributed by atoms with van der Waals surface area (Å²) in [4.78, 5) is 15.9. The topological polar surface area (TPSA) is 101 Å². The zero-order valence-corrected chi connectivity index (χ0v) is 16.5. The van der Waals surface area contributed by atoms with Crippen molar-refractivity contribution in [2.75, 3.05) is 4.90 Å². The Bertz CT molecular complexity index is 1070. The van der Waals surface area contributed by atoms with Crippen LogP contribution in [0, 0.1) is 11.3 Å². The number of benzene rings is 1. The van der Waals surface area contributed by atoms with Gasteiger partial charge in [-0.1, -0.05) is 0 Å². The van der Waals surface area contributed by atoms with E-state index in [1.165, 1.54) is 25.7 Å². The number of nitrogens with two attached hydrogens (primary N) is 1. The highest BCUT2D eigenvalue weighted by atomic mass is 16.5. The summed E-state index contributed by atoms with van der Waals surface area (Å²) in [5.41, 5.74) is 7.70. The molecule has 0 spiro atoms. The average Bonchev–Trinajstić information content (AvgIpc) is 3.40. The molecular formula is C23H22N6O. The predicted octanol–water partition coefficient (Wildman–Crippen LogP) is 3.79. The van der Waals surface area contributed by atoms with Crippen molar-refractivity contribution in [3.05, 3.63) is 60.0 Å². The van der Waals surface area contributed by atoms with E-state index in [1.54, 1.807) is 36.8 Å². The Balaban J connectivity index is 1.43. The van der Waals surface area contributed by atoms with Gasteiger partial charge >= 0.3 is 0 Å². The van der Waals surface area contributed by atoms with Crippen LogP contribution in [0.5, 0.6) is 11.5 Å². The van der Waals surface area contributed by atoms with Gasteiger partial charge in [-0.05, 0) is 56.0 Å². The maximum absolute atomic E-state index is 9.30. The summed E-state index contributed by atoms with van der Waals surface area (Å²) >= 11 is 0. The van der Waals surface area contributed by atoms with Gasteiger partial charge in [-0.25, -0.2) is 15.0 Å². The molecule has 0 amide bonds. The van der Waals surface area contributed by atoms with E-state index in [2.05, 4.69) is 25.9 Å². The first-order valence-electron chi connectivity index (χ1n) is 10.2. The third-order valence-electron chi connectivity index (χ3n) is 5.96. The average molecular weight is 398 g/mol. The smallest absolute Gasteiger partial charge is 0.162 e. The van der Waals surface area contributed by atoms with Crippen LogP contribution in [0.3, 0.4) is 0 Å². The van der Waals surface area contributed by atoms with E-state index in [0.29, 0.717) is 47.1 Å². The van der Waals surface area contributed by atoms with Crippen molar-refractivity contribution < 1.29 is 4.74 Å². The monoisotopic (exact) mass is 398 g/mol. The minimum atomic E-state index is 0.383. The highest BCUT2D eigenvalue weighted by molar-refractivity contribution is 5.66. The number of anilines is 1. The molecule has 2 N–H and O–H groups in total. The Labute approximate surface area is 175 Å². The Hall–Kier alpha value is -3.50. The molecule has 150 valence electrons. The van der Waals surface area contributed by atoms with Gasteiger partial charge < -0.3 is 15.4 Å². The molecule has 7 nitrogen and oxygen atoms in total. The first kappa shape index (κ1) is 18.5. The molecule has 2 aliphatic heterocycles. The molecule has 1 aromatic carbocycles. The molecule has 7 heteroatoms. The second-order valence-electron chi connectivity index (χ2n) is 7.77. The summed E-state index contributed by atoms with van der Waals surface area (Å²) in [6.45, 7) is 0.383. The zero-order chi connectivity index (χ0) is 20.5. The lowest BCUT2D eigenvalue weighted by atomic mass is 10.0. The summed E-state index contributed by atoms with van der Waals surface area (Å²) < 4.78 is 6.11. The maximum atomic E-state index is 9.30. The third-order valence-corrected chi connectivity index (χ3v) is 5.96. The van der Waals surface area contributed by atoms with Gasteiger partial charge in [-0.15, -0.1) is 0 Å².